The summed E-state index contributed by atoms with van der Waals surface area (Å²) in [6.07, 6.45) is 4.98. The summed E-state index contributed by atoms with van der Waals surface area (Å²) in [6.45, 7) is 6.78. The number of para-hydroxylation sites is 2. The fraction of sp³-hybridized carbons (Fsp3) is 0.360. The summed E-state index contributed by atoms with van der Waals surface area (Å²) in [6, 6.07) is 11.4. The average molecular weight is 493 g/mol. The Morgan fingerprint density at radius 2 is 2.06 bits per heavy atom. The SMILES string of the molecule is CC(C)(C)OC(=O)N1CCC[C@@H]1Cn1c(NC(=O)c2ccc(-c3cn[nH]c3)s2)nc2ccccc21. The Balaban J connectivity index is 1.40. The number of aromatic amines is 1. The largest absolute Gasteiger partial charge is 0.444 e. The van der Waals surface area contributed by atoms with Crippen LogP contribution in [0.4, 0.5) is 10.7 Å². The van der Waals surface area contributed by atoms with Crippen molar-refractivity contribution < 1.29 is 14.3 Å². The number of carbonyl (C=O) groups excluding carboxylic acids is 2. The van der Waals surface area contributed by atoms with Gasteiger partial charge >= 0.3 is 6.09 Å². The average Bonchev–Trinajstić information content (AvgIpc) is 3.60. The van der Waals surface area contributed by atoms with Crippen molar-refractivity contribution in [3.8, 4) is 10.4 Å². The lowest BCUT2D eigenvalue weighted by Crippen LogP contribution is -2.41. The maximum atomic E-state index is 13.1. The summed E-state index contributed by atoms with van der Waals surface area (Å²) >= 11 is 1.39. The molecular formula is C25H28N6O3S. The van der Waals surface area contributed by atoms with E-state index in [2.05, 4.69) is 15.5 Å². The second-order valence-corrected chi connectivity index (χ2v) is 10.7. The van der Waals surface area contributed by atoms with Crippen LogP contribution in [0.1, 0.15) is 43.3 Å². The first-order valence-electron chi connectivity index (χ1n) is 11.6. The number of fused-ring (bicyclic) bond motifs is 1. The molecule has 1 atom stereocenters. The van der Waals surface area contributed by atoms with Crippen LogP contribution in [0.2, 0.25) is 0 Å². The van der Waals surface area contributed by atoms with Crippen molar-refractivity contribution in [2.45, 2.75) is 51.8 Å². The van der Waals surface area contributed by atoms with E-state index < -0.39 is 5.60 Å². The van der Waals surface area contributed by atoms with Gasteiger partial charge in [-0.25, -0.2) is 9.78 Å². The van der Waals surface area contributed by atoms with Gasteiger partial charge in [-0.3, -0.25) is 15.2 Å². The Kier molecular flexibility index (Phi) is 6.06. The lowest BCUT2D eigenvalue weighted by molar-refractivity contribution is 0.0215. The molecule has 4 aromatic rings. The number of H-pyrrole nitrogens is 1. The number of hydrogen-bond donors (Lipinski definition) is 2. The van der Waals surface area contributed by atoms with Crippen molar-refractivity contribution in [1.29, 1.82) is 0 Å². The summed E-state index contributed by atoms with van der Waals surface area (Å²) < 4.78 is 7.62. The molecule has 0 spiro atoms. The molecule has 3 aromatic heterocycles. The van der Waals surface area contributed by atoms with E-state index in [9.17, 15) is 9.59 Å². The van der Waals surface area contributed by atoms with Crippen LogP contribution < -0.4 is 5.32 Å². The molecule has 0 unspecified atom stereocenters. The van der Waals surface area contributed by atoms with E-state index in [0.29, 0.717) is 23.9 Å². The van der Waals surface area contributed by atoms with Gasteiger partial charge in [-0.15, -0.1) is 11.3 Å². The molecule has 1 aliphatic heterocycles. The van der Waals surface area contributed by atoms with Gasteiger partial charge < -0.3 is 14.2 Å². The van der Waals surface area contributed by atoms with Gasteiger partial charge in [0, 0.05) is 29.7 Å². The van der Waals surface area contributed by atoms with Crippen molar-refractivity contribution >= 4 is 40.3 Å². The molecule has 1 fully saturated rings. The van der Waals surface area contributed by atoms with Crippen LogP contribution in [0, 0.1) is 0 Å². The third-order valence-electron chi connectivity index (χ3n) is 5.89. The van der Waals surface area contributed by atoms with Crippen LogP contribution >= 0.6 is 11.3 Å². The van der Waals surface area contributed by atoms with Crippen LogP contribution in [0.3, 0.4) is 0 Å². The Labute approximate surface area is 207 Å². The van der Waals surface area contributed by atoms with E-state index in [1.165, 1.54) is 11.3 Å². The maximum Gasteiger partial charge on any atom is 0.410 e. The van der Waals surface area contributed by atoms with E-state index in [1.807, 2.05) is 55.7 Å². The van der Waals surface area contributed by atoms with Gasteiger partial charge in [-0.1, -0.05) is 12.1 Å². The van der Waals surface area contributed by atoms with Crippen LogP contribution in [0.15, 0.2) is 48.8 Å². The first-order valence-corrected chi connectivity index (χ1v) is 12.5. The number of thiophene rings is 1. The standard InChI is InChI=1S/C25H28N6O3S/c1-25(2,3)34-24(33)30-12-6-7-17(30)15-31-19-9-5-4-8-18(19)28-23(31)29-22(32)21-11-10-20(35-21)16-13-26-27-14-16/h4-5,8-11,13-14,17H,6-7,12,15H2,1-3H3,(H,26,27)(H,28,29,32)/t17-/m1/s1. The Morgan fingerprint density at radius 3 is 2.83 bits per heavy atom. The number of nitrogens with one attached hydrogen (secondary N) is 2. The number of anilines is 1. The highest BCUT2D eigenvalue weighted by atomic mass is 32.1. The Hall–Kier alpha value is -3.66. The summed E-state index contributed by atoms with van der Waals surface area (Å²) in [5.74, 6) is 0.238. The molecule has 10 heteroatoms. The first kappa shape index (κ1) is 23.1. The quantitative estimate of drug-likeness (QED) is 0.401. The van der Waals surface area contributed by atoms with Gasteiger partial charge in [0.2, 0.25) is 5.95 Å². The van der Waals surface area contributed by atoms with Crippen molar-refractivity contribution in [2.24, 2.45) is 0 Å². The third kappa shape index (κ3) is 4.93. The predicted molar refractivity (Wildman–Crippen MR) is 136 cm³/mol. The van der Waals surface area contributed by atoms with Crippen molar-refractivity contribution in [3.63, 3.8) is 0 Å². The Bertz CT molecular complexity index is 1350. The summed E-state index contributed by atoms with van der Waals surface area (Å²) in [7, 11) is 0. The summed E-state index contributed by atoms with van der Waals surface area (Å²) in [4.78, 5) is 34.0. The van der Waals surface area contributed by atoms with E-state index >= 15 is 0 Å². The number of likely N-dealkylation sites (tertiary alicyclic amines) is 1. The molecule has 0 bridgehead atoms. The molecule has 1 saturated heterocycles. The van der Waals surface area contributed by atoms with Gasteiger partial charge in [0.15, 0.2) is 0 Å². The van der Waals surface area contributed by atoms with Gasteiger partial charge in [-0.05, 0) is 57.9 Å². The molecule has 4 heterocycles. The molecule has 9 nitrogen and oxygen atoms in total. The Morgan fingerprint density at radius 1 is 1.23 bits per heavy atom. The second kappa shape index (κ2) is 9.18. The topological polar surface area (TPSA) is 105 Å². The molecule has 5 rings (SSSR count). The van der Waals surface area contributed by atoms with E-state index in [1.54, 1.807) is 23.4 Å². The molecule has 1 aliphatic rings. The molecule has 0 radical (unpaired) electrons. The van der Waals surface area contributed by atoms with Gasteiger partial charge in [0.25, 0.3) is 5.91 Å². The molecule has 1 aromatic carbocycles. The highest BCUT2D eigenvalue weighted by Crippen LogP contribution is 2.29. The predicted octanol–water partition coefficient (Wildman–Crippen LogP) is 5.14. The number of nitrogens with zero attached hydrogens (tertiary/aromatic N) is 4. The lowest BCUT2D eigenvalue weighted by Gasteiger charge is -2.29. The number of ether oxygens (including phenoxy) is 1. The van der Waals surface area contributed by atoms with E-state index in [0.717, 1.165) is 34.3 Å². The minimum atomic E-state index is -0.554. The molecule has 182 valence electrons. The monoisotopic (exact) mass is 492 g/mol. The molecule has 0 aliphatic carbocycles. The number of aromatic nitrogens is 4. The number of carbonyl (C=O) groups is 2. The minimum Gasteiger partial charge on any atom is -0.444 e. The zero-order valence-electron chi connectivity index (χ0n) is 19.9. The van der Waals surface area contributed by atoms with Crippen LogP contribution in [-0.2, 0) is 11.3 Å². The number of amides is 2. The minimum absolute atomic E-state index is 0.0486. The van der Waals surface area contributed by atoms with Gasteiger partial charge in [0.1, 0.15) is 5.60 Å². The van der Waals surface area contributed by atoms with Gasteiger partial charge in [-0.2, -0.15) is 5.10 Å². The molecular weight excluding hydrogens is 464 g/mol. The van der Waals surface area contributed by atoms with Crippen molar-refractivity contribution in [2.75, 3.05) is 11.9 Å². The summed E-state index contributed by atoms with van der Waals surface area (Å²) in [5, 5.41) is 9.76. The van der Waals surface area contributed by atoms with Gasteiger partial charge in [0.05, 0.1) is 28.1 Å². The highest BCUT2D eigenvalue weighted by molar-refractivity contribution is 7.17. The maximum absolute atomic E-state index is 13.1. The highest BCUT2D eigenvalue weighted by Gasteiger charge is 2.33. The third-order valence-corrected chi connectivity index (χ3v) is 7.02. The molecule has 2 amide bonds. The van der Waals surface area contributed by atoms with E-state index in [-0.39, 0.29) is 18.0 Å². The van der Waals surface area contributed by atoms with Crippen LogP contribution in [0.5, 0.6) is 0 Å². The number of imidazole rings is 1. The molecule has 0 saturated carbocycles. The molecule has 35 heavy (non-hydrogen) atoms. The zero-order valence-corrected chi connectivity index (χ0v) is 20.8. The summed E-state index contributed by atoms with van der Waals surface area (Å²) in [5.41, 5.74) is 2.07. The van der Waals surface area contributed by atoms with Crippen molar-refractivity contribution in [1.82, 2.24) is 24.6 Å². The van der Waals surface area contributed by atoms with Crippen LogP contribution in [-0.4, -0.2) is 54.8 Å². The number of hydrogen-bond acceptors (Lipinski definition) is 6. The first-order chi connectivity index (χ1) is 16.8. The molecule has 2 N–H and O–H groups in total. The number of rotatable bonds is 5. The lowest BCUT2D eigenvalue weighted by atomic mass is 10.2. The van der Waals surface area contributed by atoms with Crippen molar-refractivity contribution in [3.05, 3.63) is 53.7 Å². The van der Waals surface area contributed by atoms with E-state index in [4.69, 9.17) is 9.72 Å². The zero-order chi connectivity index (χ0) is 24.6. The second-order valence-electron chi connectivity index (χ2n) is 9.61. The normalized spacial score (nSPS) is 16.1. The fourth-order valence-corrected chi connectivity index (χ4v) is 5.20. The fourth-order valence-electron chi connectivity index (χ4n) is 4.32. The smallest absolute Gasteiger partial charge is 0.410 e. The van der Waals surface area contributed by atoms with Crippen LogP contribution in [0.25, 0.3) is 21.5 Å². The number of benzene rings is 1.